The zero-order chi connectivity index (χ0) is 18.5. The number of nitrogens with zero attached hydrogens (tertiary/aromatic N) is 2. The van der Waals surface area contributed by atoms with Gasteiger partial charge in [0.15, 0.2) is 5.71 Å². The number of rotatable bonds is 2. The fraction of sp³-hybridized carbons (Fsp3) is 0.409. The van der Waals surface area contributed by atoms with Gasteiger partial charge in [-0.25, -0.2) is 4.58 Å². The Morgan fingerprint density at radius 1 is 1.12 bits per heavy atom. The molecule has 0 spiro atoms. The third-order valence-corrected chi connectivity index (χ3v) is 5.82. The maximum Gasteiger partial charge on any atom is 0.199 e. The van der Waals surface area contributed by atoms with Crippen LogP contribution in [0.4, 0.5) is 5.69 Å². The third-order valence-electron chi connectivity index (χ3n) is 5.36. The highest BCUT2D eigenvalue weighted by molar-refractivity contribution is 9.09. The van der Waals surface area contributed by atoms with E-state index in [1.807, 2.05) is 0 Å². The lowest BCUT2D eigenvalue weighted by molar-refractivity contribution is -0.462. The lowest BCUT2D eigenvalue weighted by atomic mass is 9.65. The molecule has 132 valence electrons. The Bertz CT molecular complexity index is 845. The second kappa shape index (κ2) is 6.28. The average Bonchev–Trinajstić information content (AvgIpc) is 2.54. The van der Waals surface area contributed by atoms with Crippen LogP contribution in [0.3, 0.4) is 0 Å². The molecule has 0 aromatic heterocycles. The van der Waals surface area contributed by atoms with Crippen molar-refractivity contribution < 1.29 is 4.58 Å². The summed E-state index contributed by atoms with van der Waals surface area (Å²) in [4.78, 5) is 2.48. The van der Waals surface area contributed by atoms with Crippen molar-refractivity contribution in [2.75, 3.05) is 33.1 Å². The van der Waals surface area contributed by atoms with Crippen LogP contribution in [0.15, 0.2) is 47.6 Å². The van der Waals surface area contributed by atoms with Crippen LogP contribution < -0.4 is 4.90 Å². The summed E-state index contributed by atoms with van der Waals surface area (Å²) < 4.78 is 2.18. The molecule has 0 N–H and O–H groups in total. The number of alkyl halides is 1. The third kappa shape index (κ3) is 2.93. The summed E-state index contributed by atoms with van der Waals surface area (Å²) in [5.74, 6) is 0. The van der Waals surface area contributed by atoms with Crippen molar-refractivity contribution in [2.24, 2.45) is 0 Å². The smallest absolute Gasteiger partial charge is 0.199 e. The van der Waals surface area contributed by atoms with Crippen molar-refractivity contribution in [1.82, 2.24) is 0 Å². The highest BCUT2D eigenvalue weighted by Crippen LogP contribution is 2.50. The molecule has 0 fully saturated rings. The first kappa shape index (κ1) is 18.2. The molecule has 3 heteroatoms. The van der Waals surface area contributed by atoms with Crippen LogP contribution in [0.2, 0.25) is 0 Å². The molecule has 0 saturated carbocycles. The Balaban J connectivity index is 2.36. The molecular weight excluding hydrogens is 372 g/mol. The normalized spacial score (nSPS) is 19.2. The van der Waals surface area contributed by atoms with Crippen molar-refractivity contribution in [3.8, 4) is 0 Å². The summed E-state index contributed by atoms with van der Waals surface area (Å²) in [5, 5.41) is 0. The zero-order valence-corrected chi connectivity index (χ0v) is 17.9. The van der Waals surface area contributed by atoms with E-state index in [0.717, 1.165) is 0 Å². The highest BCUT2D eigenvalue weighted by Gasteiger charge is 2.39. The van der Waals surface area contributed by atoms with E-state index in [9.17, 15) is 0 Å². The summed E-state index contributed by atoms with van der Waals surface area (Å²) in [6.07, 6.45) is 6.88. The maximum absolute atomic E-state index is 3.85. The summed E-state index contributed by atoms with van der Waals surface area (Å²) in [6.45, 7) is 6.92. The SMILES string of the molecule is CC(Br)C1=C2C=CC(=[N+](C)C)C=C2C(C)(C)c2cc(N(C)C)ccc21. The number of halogens is 1. The molecule has 3 rings (SSSR count). The number of benzene rings is 1. The molecule has 1 aromatic rings. The molecule has 2 nitrogen and oxygen atoms in total. The standard InChI is InChI=1S/C22H28BrN2/c1-14(23)21-17-10-8-15(24(4)5)12-19(17)22(2,3)20-13-16(25(6)7)9-11-18(20)21/h8-14H,1-7H3/q+1. The minimum Gasteiger partial charge on any atom is -0.378 e. The fourth-order valence-corrected chi connectivity index (χ4v) is 4.34. The van der Waals surface area contributed by atoms with Gasteiger partial charge >= 0.3 is 0 Å². The Hall–Kier alpha value is -1.61. The van der Waals surface area contributed by atoms with Gasteiger partial charge in [0.1, 0.15) is 14.1 Å². The van der Waals surface area contributed by atoms with Gasteiger partial charge in [-0.3, -0.25) is 0 Å². The minimum absolute atomic E-state index is 0.0336. The molecule has 1 unspecified atom stereocenters. The summed E-state index contributed by atoms with van der Waals surface area (Å²) in [7, 11) is 8.42. The van der Waals surface area contributed by atoms with Gasteiger partial charge in [-0.05, 0) is 53.0 Å². The van der Waals surface area contributed by atoms with E-state index in [2.05, 4.69) is 111 Å². The van der Waals surface area contributed by atoms with Gasteiger partial charge in [0.2, 0.25) is 0 Å². The van der Waals surface area contributed by atoms with Gasteiger partial charge in [-0.1, -0.05) is 35.8 Å². The second-order valence-corrected chi connectivity index (χ2v) is 9.28. The van der Waals surface area contributed by atoms with Crippen molar-refractivity contribution in [3.63, 3.8) is 0 Å². The van der Waals surface area contributed by atoms with E-state index in [1.54, 1.807) is 0 Å². The molecular formula is C22H28BrN2+. The van der Waals surface area contributed by atoms with Gasteiger partial charge in [-0.2, -0.15) is 0 Å². The quantitative estimate of drug-likeness (QED) is 0.511. The summed E-state index contributed by atoms with van der Waals surface area (Å²) in [5.41, 5.74) is 9.40. The van der Waals surface area contributed by atoms with Gasteiger partial charge in [-0.15, -0.1) is 0 Å². The second-order valence-electron chi connectivity index (χ2n) is 7.90. The van der Waals surface area contributed by atoms with E-state index < -0.39 is 0 Å². The first-order chi connectivity index (χ1) is 11.6. The largest absolute Gasteiger partial charge is 0.378 e. The van der Waals surface area contributed by atoms with Crippen LogP contribution in [-0.4, -0.2) is 43.3 Å². The number of anilines is 1. The van der Waals surface area contributed by atoms with E-state index in [4.69, 9.17) is 0 Å². The van der Waals surface area contributed by atoms with Crippen LogP contribution in [0.1, 0.15) is 31.9 Å². The van der Waals surface area contributed by atoms with E-state index in [-0.39, 0.29) is 5.41 Å². The topological polar surface area (TPSA) is 6.25 Å². The van der Waals surface area contributed by atoms with E-state index in [0.29, 0.717) is 4.83 Å². The Labute approximate surface area is 160 Å². The Morgan fingerprint density at radius 3 is 2.36 bits per heavy atom. The summed E-state index contributed by atoms with van der Waals surface area (Å²) >= 11 is 3.85. The lowest BCUT2D eigenvalue weighted by Crippen LogP contribution is -2.31. The molecule has 2 aliphatic carbocycles. The molecule has 0 aliphatic heterocycles. The van der Waals surface area contributed by atoms with Crippen LogP contribution >= 0.6 is 15.9 Å². The number of fused-ring (bicyclic) bond motifs is 2. The van der Waals surface area contributed by atoms with Crippen molar-refractivity contribution in [1.29, 1.82) is 0 Å². The molecule has 25 heavy (non-hydrogen) atoms. The maximum atomic E-state index is 3.85. The highest BCUT2D eigenvalue weighted by atomic mass is 79.9. The predicted octanol–water partition coefficient (Wildman–Crippen LogP) is 4.79. The first-order valence-corrected chi connectivity index (χ1v) is 9.71. The molecule has 1 atom stereocenters. The molecule has 0 amide bonds. The van der Waals surface area contributed by atoms with Gasteiger partial charge in [0.25, 0.3) is 0 Å². The van der Waals surface area contributed by atoms with Gasteiger partial charge in [0, 0.05) is 42.2 Å². The number of hydrogen-bond acceptors (Lipinski definition) is 1. The number of hydrogen-bond donors (Lipinski definition) is 0. The number of allylic oxidation sites excluding steroid dienone is 6. The molecule has 1 aromatic carbocycles. The monoisotopic (exact) mass is 399 g/mol. The Kier molecular flexibility index (Phi) is 4.57. The molecule has 0 saturated heterocycles. The van der Waals surface area contributed by atoms with Crippen LogP contribution in [0.5, 0.6) is 0 Å². The van der Waals surface area contributed by atoms with Crippen molar-refractivity contribution >= 4 is 32.9 Å². The summed E-state index contributed by atoms with van der Waals surface area (Å²) in [6, 6.07) is 6.88. The van der Waals surface area contributed by atoms with Crippen LogP contribution in [0, 0.1) is 0 Å². The lowest BCUT2D eigenvalue weighted by Gasteiger charge is -2.40. The molecule has 0 bridgehead atoms. The van der Waals surface area contributed by atoms with Crippen LogP contribution in [-0.2, 0) is 5.41 Å². The minimum atomic E-state index is -0.0336. The molecule has 0 heterocycles. The predicted molar refractivity (Wildman–Crippen MR) is 113 cm³/mol. The zero-order valence-electron chi connectivity index (χ0n) is 16.3. The Morgan fingerprint density at radius 2 is 1.80 bits per heavy atom. The van der Waals surface area contributed by atoms with E-state index >= 15 is 0 Å². The first-order valence-electron chi connectivity index (χ1n) is 8.80. The average molecular weight is 400 g/mol. The van der Waals surface area contributed by atoms with E-state index in [1.165, 1.54) is 39.2 Å². The van der Waals surface area contributed by atoms with Crippen molar-refractivity contribution in [3.05, 3.63) is 58.7 Å². The van der Waals surface area contributed by atoms with Crippen LogP contribution in [0.25, 0.3) is 5.57 Å². The van der Waals surface area contributed by atoms with Crippen molar-refractivity contribution in [2.45, 2.75) is 31.0 Å². The fourth-order valence-electron chi connectivity index (χ4n) is 3.84. The molecule has 2 aliphatic rings. The van der Waals surface area contributed by atoms with Gasteiger partial charge < -0.3 is 4.90 Å². The molecule has 0 radical (unpaired) electrons. The van der Waals surface area contributed by atoms with Gasteiger partial charge in [0.05, 0.1) is 0 Å².